The molecule has 238 valence electrons. The van der Waals surface area contributed by atoms with Gasteiger partial charge in [-0.1, -0.05) is 86.1 Å². The Bertz CT molecular complexity index is 1900. The fraction of sp³-hybridized carbons (Fsp3) is 0.222. The first-order valence-corrected chi connectivity index (χ1v) is 16.8. The zero-order chi connectivity index (χ0) is 32.9. The Labute approximate surface area is 274 Å². The normalized spacial score (nSPS) is 12.5. The van der Waals surface area contributed by atoms with Crippen LogP contribution in [0.2, 0.25) is 5.02 Å². The van der Waals surface area contributed by atoms with Crippen LogP contribution in [0.5, 0.6) is 11.5 Å². The number of nitrogens with one attached hydrogen (secondary N) is 1. The maximum absolute atomic E-state index is 12.5. The van der Waals surface area contributed by atoms with Crippen LogP contribution in [0, 0.1) is 0 Å². The van der Waals surface area contributed by atoms with Crippen molar-refractivity contribution in [2.45, 2.75) is 38.5 Å². The third-order valence-corrected chi connectivity index (χ3v) is 8.51. The summed E-state index contributed by atoms with van der Waals surface area (Å²) in [5.74, 6) is 0.799. The Balaban J connectivity index is 1.39. The largest absolute Gasteiger partial charge is 0.457 e. The second-order valence-corrected chi connectivity index (χ2v) is 14.1. The Hall–Kier alpha value is -4.44. The van der Waals surface area contributed by atoms with Gasteiger partial charge in [0.1, 0.15) is 11.5 Å². The molecule has 0 aliphatic carbocycles. The predicted molar refractivity (Wildman–Crippen MR) is 179 cm³/mol. The van der Waals surface area contributed by atoms with Gasteiger partial charge in [-0.25, -0.2) is 0 Å². The summed E-state index contributed by atoms with van der Waals surface area (Å²) >= 11 is 6.00. The molecule has 8 nitrogen and oxygen atoms in total. The van der Waals surface area contributed by atoms with E-state index in [0.717, 1.165) is 22.4 Å². The third kappa shape index (κ3) is 8.84. The number of rotatable bonds is 11. The second-order valence-electron chi connectivity index (χ2n) is 12.1. The molecule has 46 heavy (non-hydrogen) atoms. The highest BCUT2D eigenvalue weighted by Gasteiger charge is 2.22. The minimum Gasteiger partial charge on any atom is -0.457 e. The zero-order valence-corrected chi connectivity index (χ0v) is 27.3. The molecule has 0 bridgehead atoms. The predicted octanol–water partition coefficient (Wildman–Crippen LogP) is 8.08. The van der Waals surface area contributed by atoms with Gasteiger partial charge in [0.25, 0.3) is 16.0 Å². The van der Waals surface area contributed by atoms with E-state index in [1.54, 1.807) is 36.4 Å². The standard InChI is InChI=1S/C36H35ClN2O6S/c1-36(2,3)28-13-11-25(12-14-28)32(21-24-7-9-26(10-8-24)35(40)38-19-20-46(41,42)43)33-23-34(45-39-33)27-5-4-6-31(22-27)44-30-17-15-29(37)16-18-30/h4-18,22-23,32H,19-21H2,1-3H3,(H,38,40)(H,41,42,43). The molecule has 0 saturated heterocycles. The van der Waals surface area contributed by atoms with Crippen LogP contribution in [0.25, 0.3) is 11.3 Å². The van der Waals surface area contributed by atoms with E-state index in [1.807, 2.05) is 42.5 Å². The van der Waals surface area contributed by atoms with Gasteiger partial charge < -0.3 is 14.6 Å². The number of aromatic nitrogens is 1. The number of benzene rings is 4. The summed E-state index contributed by atoms with van der Waals surface area (Å²) in [5, 5.41) is 7.64. The van der Waals surface area contributed by atoms with Gasteiger partial charge in [0.05, 0.1) is 11.4 Å². The van der Waals surface area contributed by atoms with Gasteiger partial charge in [0.2, 0.25) is 0 Å². The molecule has 0 fully saturated rings. The van der Waals surface area contributed by atoms with E-state index < -0.39 is 21.8 Å². The van der Waals surface area contributed by atoms with Crippen molar-refractivity contribution in [1.82, 2.24) is 10.5 Å². The number of nitrogens with zero attached hydrogens (tertiary/aromatic N) is 1. The molecule has 4 aromatic carbocycles. The Kier molecular flexibility index (Phi) is 9.96. The summed E-state index contributed by atoms with van der Waals surface area (Å²) in [6, 6.07) is 32.3. The van der Waals surface area contributed by atoms with Gasteiger partial charge >= 0.3 is 0 Å². The fourth-order valence-corrected chi connectivity index (χ4v) is 5.46. The van der Waals surface area contributed by atoms with E-state index in [9.17, 15) is 13.2 Å². The van der Waals surface area contributed by atoms with Crippen molar-refractivity contribution in [3.63, 3.8) is 0 Å². The highest BCUT2D eigenvalue weighted by molar-refractivity contribution is 7.85. The number of ether oxygens (including phenoxy) is 1. The van der Waals surface area contributed by atoms with Crippen molar-refractivity contribution in [3.05, 3.63) is 136 Å². The van der Waals surface area contributed by atoms with E-state index in [2.05, 4.69) is 55.5 Å². The molecule has 10 heteroatoms. The van der Waals surface area contributed by atoms with Crippen molar-refractivity contribution in [2.24, 2.45) is 0 Å². The molecule has 1 aromatic heterocycles. The van der Waals surface area contributed by atoms with E-state index in [1.165, 1.54) is 5.56 Å². The van der Waals surface area contributed by atoms with Crippen LogP contribution >= 0.6 is 11.6 Å². The lowest BCUT2D eigenvalue weighted by Gasteiger charge is -2.21. The summed E-state index contributed by atoms with van der Waals surface area (Å²) in [6.45, 7) is 6.34. The molecule has 0 spiro atoms. The number of hydrogen-bond acceptors (Lipinski definition) is 6. The molecule has 1 unspecified atom stereocenters. The van der Waals surface area contributed by atoms with E-state index >= 15 is 0 Å². The number of carbonyl (C=O) groups is 1. The average molecular weight is 659 g/mol. The molecule has 0 aliphatic rings. The van der Waals surface area contributed by atoms with E-state index in [4.69, 9.17) is 25.4 Å². The SMILES string of the molecule is CC(C)(C)c1ccc(C(Cc2ccc(C(=O)NCCS(=O)(=O)O)cc2)c2cc(-c3cccc(Oc4ccc(Cl)cc4)c3)on2)cc1. The zero-order valence-electron chi connectivity index (χ0n) is 25.7. The number of hydrogen-bond donors (Lipinski definition) is 2. The van der Waals surface area contributed by atoms with Crippen LogP contribution in [0.1, 0.15) is 59.4 Å². The molecule has 1 atom stereocenters. The van der Waals surface area contributed by atoms with Gasteiger partial charge in [-0.3, -0.25) is 9.35 Å². The van der Waals surface area contributed by atoms with Crippen LogP contribution in [-0.2, 0) is 22.0 Å². The number of halogens is 1. The van der Waals surface area contributed by atoms with Gasteiger partial charge in [0.15, 0.2) is 5.76 Å². The second kappa shape index (κ2) is 13.9. The smallest absolute Gasteiger partial charge is 0.266 e. The first-order valence-electron chi connectivity index (χ1n) is 14.8. The molecule has 0 radical (unpaired) electrons. The van der Waals surface area contributed by atoms with E-state index in [-0.39, 0.29) is 17.9 Å². The lowest BCUT2D eigenvalue weighted by molar-refractivity contribution is 0.0956. The average Bonchev–Trinajstić information content (AvgIpc) is 3.51. The minimum atomic E-state index is -4.16. The third-order valence-electron chi connectivity index (χ3n) is 7.53. The van der Waals surface area contributed by atoms with Crippen molar-refractivity contribution < 1.29 is 27.0 Å². The van der Waals surface area contributed by atoms with Gasteiger partial charge in [-0.2, -0.15) is 8.42 Å². The number of carbonyl (C=O) groups excluding carboxylic acids is 1. The lowest BCUT2D eigenvalue weighted by atomic mass is 9.83. The van der Waals surface area contributed by atoms with Crippen molar-refractivity contribution >= 4 is 27.6 Å². The Morgan fingerprint density at radius 1 is 0.935 bits per heavy atom. The molecule has 2 N–H and O–H groups in total. The lowest BCUT2D eigenvalue weighted by Crippen LogP contribution is -2.28. The number of amides is 1. The summed E-state index contributed by atoms with van der Waals surface area (Å²) in [4.78, 5) is 12.5. The monoisotopic (exact) mass is 658 g/mol. The van der Waals surface area contributed by atoms with Gasteiger partial charge in [0, 0.05) is 34.7 Å². The van der Waals surface area contributed by atoms with Crippen LogP contribution in [0.4, 0.5) is 0 Å². The summed E-state index contributed by atoms with van der Waals surface area (Å²) in [5.41, 5.74) is 5.23. The van der Waals surface area contributed by atoms with E-state index in [0.29, 0.717) is 34.3 Å². The summed E-state index contributed by atoms with van der Waals surface area (Å²) < 4.78 is 42.7. The van der Waals surface area contributed by atoms with Crippen LogP contribution < -0.4 is 10.1 Å². The summed E-state index contributed by atoms with van der Waals surface area (Å²) in [6.07, 6.45) is 0.589. The molecule has 0 aliphatic heterocycles. The highest BCUT2D eigenvalue weighted by Crippen LogP contribution is 2.34. The Morgan fingerprint density at radius 3 is 2.28 bits per heavy atom. The minimum absolute atomic E-state index is 0.00591. The topological polar surface area (TPSA) is 119 Å². The molecule has 5 rings (SSSR count). The van der Waals surface area contributed by atoms with Gasteiger partial charge in [-0.15, -0.1) is 0 Å². The molecule has 5 aromatic rings. The van der Waals surface area contributed by atoms with Crippen molar-refractivity contribution in [1.29, 1.82) is 0 Å². The molecule has 1 amide bonds. The van der Waals surface area contributed by atoms with Crippen LogP contribution in [0.15, 0.2) is 108 Å². The van der Waals surface area contributed by atoms with Crippen LogP contribution in [-0.4, -0.2) is 36.3 Å². The molecular weight excluding hydrogens is 624 g/mol. The van der Waals surface area contributed by atoms with Crippen LogP contribution in [0.3, 0.4) is 0 Å². The first-order chi connectivity index (χ1) is 21.8. The Morgan fingerprint density at radius 2 is 1.63 bits per heavy atom. The van der Waals surface area contributed by atoms with Crippen molar-refractivity contribution in [3.8, 4) is 22.8 Å². The maximum Gasteiger partial charge on any atom is 0.266 e. The quantitative estimate of drug-likeness (QED) is 0.138. The molecule has 1 heterocycles. The molecular formula is C36H35ClN2O6S. The molecule has 0 saturated carbocycles. The maximum atomic E-state index is 12.5. The fourth-order valence-electron chi connectivity index (χ4n) is 4.97. The van der Waals surface area contributed by atoms with Crippen molar-refractivity contribution in [2.75, 3.05) is 12.3 Å². The van der Waals surface area contributed by atoms with Gasteiger partial charge in [-0.05, 0) is 77.1 Å². The summed E-state index contributed by atoms with van der Waals surface area (Å²) in [7, 11) is -4.16. The first kappa shape index (κ1) is 32.9. The highest BCUT2D eigenvalue weighted by atomic mass is 35.5.